The lowest BCUT2D eigenvalue weighted by Crippen LogP contribution is -2.07. The summed E-state index contributed by atoms with van der Waals surface area (Å²) in [7, 11) is 0. The van der Waals surface area contributed by atoms with Crippen LogP contribution in [0.15, 0.2) is 56.1 Å². The standard InChI is InChI=1S/C16H10BrFO2/c1-9-15(10-2-5-12(18)6-3-10)16(19)13-8-11(17)4-7-14(13)20-9/h2-8H,1H3. The van der Waals surface area contributed by atoms with Gasteiger partial charge >= 0.3 is 0 Å². The fourth-order valence-corrected chi connectivity index (χ4v) is 2.59. The highest BCUT2D eigenvalue weighted by molar-refractivity contribution is 9.10. The molecule has 0 unspecified atom stereocenters. The first-order valence-electron chi connectivity index (χ1n) is 6.05. The summed E-state index contributed by atoms with van der Waals surface area (Å²) in [6, 6.07) is 11.1. The van der Waals surface area contributed by atoms with Crippen LogP contribution >= 0.6 is 15.9 Å². The molecule has 100 valence electrons. The van der Waals surface area contributed by atoms with Gasteiger partial charge in [-0.1, -0.05) is 28.1 Å². The zero-order valence-electron chi connectivity index (χ0n) is 10.6. The molecule has 2 aromatic carbocycles. The van der Waals surface area contributed by atoms with Gasteiger partial charge in [0.15, 0.2) is 0 Å². The summed E-state index contributed by atoms with van der Waals surface area (Å²) < 4.78 is 19.5. The topological polar surface area (TPSA) is 30.2 Å². The first-order chi connectivity index (χ1) is 9.56. The van der Waals surface area contributed by atoms with Crippen molar-refractivity contribution in [2.75, 3.05) is 0 Å². The minimum absolute atomic E-state index is 0.114. The van der Waals surface area contributed by atoms with Gasteiger partial charge < -0.3 is 4.42 Å². The summed E-state index contributed by atoms with van der Waals surface area (Å²) in [6.07, 6.45) is 0. The molecule has 20 heavy (non-hydrogen) atoms. The van der Waals surface area contributed by atoms with Gasteiger partial charge in [-0.05, 0) is 42.8 Å². The quantitative estimate of drug-likeness (QED) is 0.648. The third-order valence-electron chi connectivity index (χ3n) is 3.16. The van der Waals surface area contributed by atoms with Crippen LogP contribution in [-0.2, 0) is 0 Å². The Balaban J connectivity index is 2.36. The Morgan fingerprint density at radius 1 is 1.10 bits per heavy atom. The summed E-state index contributed by atoms with van der Waals surface area (Å²) in [4.78, 5) is 12.6. The van der Waals surface area contributed by atoms with Crippen molar-refractivity contribution in [3.05, 3.63) is 68.7 Å². The van der Waals surface area contributed by atoms with E-state index in [9.17, 15) is 9.18 Å². The highest BCUT2D eigenvalue weighted by Gasteiger charge is 2.13. The van der Waals surface area contributed by atoms with Gasteiger partial charge in [0.1, 0.15) is 17.2 Å². The van der Waals surface area contributed by atoms with Crippen molar-refractivity contribution in [2.45, 2.75) is 6.92 Å². The molecule has 0 fully saturated rings. The highest BCUT2D eigenvalue weighted by atomic mass is 79.9. The molecule has 4 heteroatoms. The number of benzene rings is 2. The average Bonchev–Trinajstić information content (AvgIpc) is 2.42. The molecule has 2 nitrogen and oxygen atoms in total. The highest BCUT2D eigenvalue weighted by Crippen LogP contribution is 2.25. The van der Waals surface area contributed by atoms with E-state index >= 15 is 0 Å². The van der Waals surface area contributed by atoms with Crippen molar-refractivity contribution in [3.8, 4) is 11.1 Å². The summed E-state index contributed by atoms with van der Waals surface area (Å²) >= 11 is 3.35. The van der Waals surface area contributed by atoms with E-state index < -0.39 is 0 Å². The molecule has 0 bridgehead atoms. The van der Waals surface area contributed by atoms with E-state index in [1.165, 1.54) is 12.1 Å². The van der Waals surface area contributed by atoms with Crippen molar-refractivity contribution in [1.29, 1.82) is 0 Å². The summed E-state index contributed by atoms with van der Waals surface area (Å²) in [5, 5.41) is 0.504. The zero-order chi connectivity index (χ0) is 14.3. The SMILES string of the molecule is Cc1oc2ccc(Br)cc2c(=O)c1-c1ccc(F)cc1. The maximum Gasteiger partial charge on any atom is 0.200 e. The third-order valence-corrected chi connectivity index (χ3v) is 3.65. The minimum atomic E-state index is -0.334. The second kappa shape index (κ2) is 4.87. The molecule has 0 aliphatic heterocycles. The molecule has 0 spiro atoms. The van der Waals surface area contributed by atoms with Crippen LogP contribution in [0, 0.1) is 12.7 Å². The molecule has 0 radical (unpaired) electrons. The van der Waals surface area contributed by atoms with Crippen LogP contribution in [0.3, 0.4) is 0 Å². The van der Waals surface area contributed by atoms with Gasteiger partial charge in [-0.25, -0.2) is 4.39 Å². The van der Waals surface area contributed by atoms with E-state index in [1.54, 1.807) is 31.2 Å². The Kier molecular flexibility index (Phi) is 3.18. The van der Waals surface area contributed by atoms with Crippen molar-refractivity contribution in [1.82, 2.24) is 0 Å². The number of aryl methyl sites for hydroxylation is 1. The lowest BCUT2D eigenvalue weighted by molar-refractivity contribution is 0.567. The number of hydrogen-bond acceptors (Lipinski definition) is 2. The lowest BCUT2D eigenvalue weighted by atomic mass is 10.0. The Bertz CT molecular complexity index is 851. The number of rotatable bonds is 1. The average molecular weight is 333 g/mol. The van der Waals surface area contributed by atoms with Gasteiger partial charge in [-0.2, -0.15) is 0 Å². The largest absolute Gasteiger partial charge is 0.460 e. The van der Waals surface area contributed by atoms with E-state index in [0.717, 1.165) is 4.47 Å². The van der Waals surface area contributed by atoms with E-state index in [4.69, 9.17) is 4.42 Å². The number of hydrogen-bond donors (Lipinski definition) is 0. The molecular weight excluding hydrogens is 323 g/mol. The van der Waals surface area contributed by atoms with E-state index in [0.29, 0.717) is 27.9 Å². The molecule has 0 amide bonds. The Morgan fingerprint density at radius 2 is 1.80 bits per heavy atom. The lowest BCUT2D eigenvalue weighted by Gasteiger charge is -2.07. The Hall–Kier alpha value is -1.94. The molecule has 0 N–H and O–H groups in total. The third kappa shape index (κ3) is 2.16. The van der Waals surface area contributed by atoms with E-state index in [2.05, 4.69) is 15.9 Å². The van der Waals surface area contributed by atoms with Crippen LogP contribution < -0.4 is 5.43 Å². The van der Waals surface area contributed by atoms with Gasteiger partial charge in [0.25, 0.3) is 0 Å². The molecule has 0 saturated carbocycles. The minimum Gasteiger partial charge on any atom is -0.460 e. The summed E-state index contributed by atoms with van der Waals surface area (Å²) in [5.41, 5.74) is 1.55. The smallest absolute Gasteiger partial charge is 0.200 e. The number of halogens is 2. The number of fused-ring (bicyclic) bond motifs is 1. The fourth-order valence-electron chi connectivity index (χ4n) is 2.23. The second-order valence-electron chi connectivity index (χ2n) is 4.51. The van der Waals surface area contributed by atoms with Crippen LogP contribution in [0.4, 0.5) is 4.39 Å². The van der Waals surface area contributed by atoms with Crippen LogP contribution in [0.25, 0.3) is 22.1 Å². The molecule has 1 heterocycles. The van der Waals surface area contributed by atoms with E-state index in [1.807, 2.05) is 6.07 Å². The molecule has 0 saturated heterocycles. The van der Waals surface area contributed by atoms with E-state index in [-0.39, 0.29) is 11.2 Å². The van der Waals surface area contributed by atoms with Gasteiger partial charge in [0.05, 0.1) is 10.9 Å². The van der Waals surface area contributed by atoms with Crippen LogP contribution in [-0.4, -0.2) is 0 Å². The zero-order valence-corrected chi connectivity index (χ0v) is 12.2. The molecule has 3 aromatic rings. The molecule has 3 rings (SSSR count). The van der Waals surface area contributed by atoms with Gasteiger partial charge in [-0.15, -0.1) is 0 Å². The molecule has 0 atom stereocenters. The van der Waals surface area contributed by atoms with Crippen LogP contribution in [0.5, 0.6) is 0 Å². The Labute approximate surface area is 123 Å². The molecular formula is C16H10BrFO2. The van der Waals surface area contributed by atoms with Gasteiger partial charge in [0, 0.05) is 4.47 Å². The first-order valence-corrected chi connectivity index (χ1v) is 6.84. The van der Waals surface area contributed by atoms with Gasteiger partial charge in [0.2, 0.25) is 5.43 Å². The molecule has 0 aliphatic carbocycles. The van der Waals surface area contributed by atoms with Crippen molar-refractivity contribution in [3.63, 3.8) is 0 Å². The van der Waals surface area contributed by atoms with Crippen molar-refractivity contribution in [2.24, 2.45) is 0 Å². The summed E-state index contributed by atoms with van der Waals surface area (Å²) in [6.45, 7) is 1.74. The predicted molar refractivity (Wildman–Crippen MR) is 80.3 cm³/mol. The maximum atomic E-state index is 13.0. The first kappa shape index (κ1) is 13.1. The van der Waals surface area contributed by atoms with Crippen LogP contribution in [0.2, 0.25) is 0 Å². The normalized spacial score (nSPS) is 10.9. The maximum absolute atomic E-state index is 13.0. The molecule has 1 aromatic heterocycles. The van der Waals surface area contributed by atoms with Gasteiger partial charge in [-0.3, -0.25) is 4.79 Å². The van der Waals surface area contributed by atoms with Crippen molar-refractivity contribution < 1.29 is 8.81 Å². The van der Waals surface area contributed by atoms with Crippen molar-refractivity contribution >= 4 is 26.9 Å². The van der Waals surface area contributed by atoms with Crippen LogP contribution in [0.1, 0.15) is 5.76 Å². The Morgan fingerprint density at radius 3 is 2.50 bits per heavy atom. The second-order valence-corrected chi connectivity index (χ2v) is 5.43. The molecule has 0 aliphatic rings. The predicted octanol–water partition coefficient (Wildman–Crippen LogP) is 4.67. The fraction of sp³-hybridized carbons (Fsp3) is 0.0625. The summed E-state index contributed by atoms with van der Waals surface area (Å²) in [5.74, 6) is 0.191. The monoisotopic (exact) mass is 332 g/mol.